The van der Waals surface area contributed by atoms with Crippen molar-refractivity contribution in [3.63, 3.8) is 0 Å². The smallest absolute Gasteiger partial charge is 0.218 e. The van der Waals surface area contributed by atoms with Gasteiger partial charge in [0.15, 0.2) is 0 Å². The van der Waals surface area contributed by atoms with E-state index in [1.54, 1.807) is 0 Å². The minimum Gasteiger partial charge on any atom is -0.361 e. The molecule has 0 saturated carbocycles. The zero-order chi connectivity index (χ0) is 9.97. The summed E-state index contributed by atoms with van der Waals surface area (Å²) in [6.45, 7) is 7.28. The molecule has 0 radical (unpaired) electrons. The predicted octanol–water partition coefficient (Wildman–Crippen LogP) is 3.28. The number of nitrogens with one attached hydrogen (secondary N) is 1. The summed E-state index contributed by atoms with van der Waals surface area (Å²) in [5, 5.41) is 1.90. The molecule has 0 spiro atoms. The van der Waals surface area contributed by atoms with Crippen molar-refractivity contribution in [2.75, 3.05) is 6.54 Å². The molecule has 1 heterocycles. The van der Waals surface area contributed by atoms with Crippen LogP contribution in [0, 0.1) is 6.57 Å². The maximum Gasteiger partial charge on any atom is 0.218 e. The van der Waals surface area contributed by atoms with E-state index >= 15 is 0 Å². The highest BCUT2D eigenvalue weighted by molar-refractivity contribution is 6.31. The van der Waals surface area contributed by atoms with Gasteiger partial charge in [-0.05, 0) is 17.7 Å². The van der Waals surface area contributed by atoms with Crippen molar-refractivity contribution in [2.24, 2.45) is 0 Å². The third-order valence-electron chi connectivity index (χ3n) is 2.22. The van der Waals surface area contributed by atoms with Gasteiger partial charge in [0.1, 0.15) is 0 Å². The van der Waals surface area contributed by atoms with Crippen LogP contribution in [0.4, 0.5) is 0 Å². The Morgan fingerprint density at radius 1 is 1.43 bits per heavy atom. The summed E-state index contributed by atoms with van der Waals surface area (Å²) in [4.78, 5) is 6.50. The summed E-state index contributed by atoms with van der Waals surface area (Å²) in [5.74, 6) is 0. The van der Waals surface area contributed by atoms with Crippen LogP contribution in [0.3, 0.4) is 0 Å². The fraction of sp³-hybridized carbons (Fsp3) is 0.182. The van der Waals surface area contributed by atoms with Gasteiger partial charge in [0.05, 0.1) is 0 Å². The Morgan fingerprint density at radius 3 is 3.07 bits per heavy atom. The van der Waals surface area contributed by atoms with Gasteiger partial charge in [-0.25, -0.2) is 6.57 Å². The van der Waals surface area contributed by atoms with Gasteiger partial charge in [0.25, 0.3) is 0 Å². The summed E-state index contributed by atoms with van der Waals surface area (Å²) < 4.78 is 0. The first kappa shape index (κ1) is 9.11. The second kappa shape index (κ2) is 3.73. The van der Waals surface area contributed by atoms with Gasteiger partial charge in [0, 0.05) is 28.5 Å². The van der Waals surface area contributed by atoms with Gasteiger partial charge >= 0.3 is 0 Å². The molecule has 0 unspecified atom stereocenters. The van der Waals surface area contributed by atoms with Crippen molar-refractivity contribution in [3.05, 3.63) is 46.4 Å². The first-order chi connectivity index (χ1) is 6.81. The third kappa shape index (κ3) is 1.59. The second-order valence-corrected chi connectivity index (χ2v) is 3.57. The summed E-state index contributed by atoms with van der Waals surface area (Å²) in [6.07, 6.45) is 2.75. The van der Waals surface area contributed by atoms with Crippen molar-refractivity contribution >= 4 is 22.5 Å². The number of hydrogen-bond donors (Lipinski definition) is 1. The van der Waals surface area contributed by atoms with Crippen LogP contribution in [0.25, 0.3) is 15.7 Å². The molecule has 1 aromatic heterocycles. The van der Waals surface area contributed by atoms with Crippen LogP contribution in [-0.2, 0) is 6.42 Å². The molecule has 0 amide bonds. The Kier molecular flexibility index (Phi) is 2.43. The van der Waals surface area contributed by atoms with E-state index < -0.39 is 0 Å². The molecular weight excluding hydrogens is 196 g/mol. The Morgan fingerprint density at radius 2 is 2.29 bits per heavy atom. The second-order valence-electron chi connectivity index (χ2n) is 3.14. The maximum atomic E-state index is 6.74. The average molecular weight is 205 g/mol. The molecule has 70 valence electrons. The number of nitrogens with zero attached hydrogens (tertiary/aromatic N) is 1. The number of fused-ring (bicyclic) bond motifs is 1. The fourth-order valence-corrected chi connectivity index (χ4v) is 1.71. The lowest BCUT2D eigenvalue weighted by molar-refractivity contribution is 1.09. The lowest BCUT2D eigenvalue weighted by Crippen LogP contribution is -1.84. The quantitative estimate of drug-likeness (QED) is 0.725. The van der Waals surface area contributed by atoms with Crippen LogP contribution in [-0.4, -0.2) is 11.5 Å². The molecule has 1 N–H and O–H groups in total. The summed E-state index contributed by atoms with van der Waals surface area (Å²) >= 11 is 5.86. The Bertz CT molecular complexity index is 493. The molecule has 2 aromatic rings. The lowest BCUT2D eigenvalue weighted by atomic mass is 10.1. The lowest BCUT2D eigenvalue weighted by Gasteiger charge is -1.93. The number of hydrogen-bond acceptors (Lipinski definition) is 0. The van der Waals surface area contributed by atoms with Crippen LogP contribution < -0.4 is 0 Å². The molecule has 2 nitrogen and oxygen atoms in total. The number of halogens is 1. The maximum absolute atomic E-state index is 6.74. The Hall–Kier alpha value is -1.46. The summed E-state index contributed by atoms with van der Waals surface area (Å²) in [5.41, 5.74) is 2.23. The average Bonchev–Trinajstić information content (AvgIpc) is 2.57. The molecular formula is C11H9ClN2. The van der Waals surface area contributed by atoms with Crippen molar-refractivity contribution in [3.8, 4) is 0 Å². The highest BCUT2D eigenvalue weighted by atomic mass is 35.5. The van der Waals surface area contributed by atoms with Gasteiger partial charge < -0.3 is 9.83 Å². The molecule has 2 rings (SSSR count). The van der Waals surface area contributed by atoms with E-state index in [9.17, 15) is 0 Å². The number of aromatic amines is 1. The van der Waals surface area contributed by atoms with Crippen LogP contribution >= 0.6 is 11.6 Å². The van der Waals surface area contributed by atoms with Gasteiger partial charge in [-0.3, -0.25) is 0 Å². The number of rotatable bonds is 2. The number of H-pyrrole nitrogens is 1. The molecule has 0 aliphatic heterocycles. The van der Waals surface area contributed by atoms with Gasteiger partial charge in [-0.1, -0.05) is 17.7 Å². The Balaban J connectivity index is 2.43. The molecule has 14 heavy (non-hydrogen) atoms. The molecule has 3 heteroatoms. The van der Waals surface area contributed by atoms with E-state index in [0.29, 0.717) is 6.54 Å². The first-order valence-corrected chi connectivity index (χ1v) is 4.78. The minimum absolute atomic E-state index is 0.537. The Labute approximate surface area is 87.3 Å². The van der Waals surface area contributed by atoms with Crippen LogP contribution in [0.15, 0.2) is 24.4 Å². The van der Waals surface area contributed by atoms with Gasteiger partial charge in [-0.15, -0.1) is 0 Å². The van der Waals surface area contributed by atoms with Crippen molar-refractivity contribution in [2.45, 2.75) is 6.42 Å². The van der Waals surface area contributed by atoms with E-state index in [1.807, 2.05) is 24.4 Å². The molecule has 0 aliphatic rings. The zero-order valence-electron chi connectivity index (χ0n) is 7.55. The summed E-state index contributed by atoms with van der Waals surface area (Å²) in [6, 6.07) is 5.77. The minimum atomic E-state index is 0.537. The van der Waals surface area contributed by atoms with E-state index in [2.05, 4.69) is 9.83 Å². The van der Waals surface area contributed by atoms with E-state index in [0.717, 1.165) is 22.3 Å². The van der Waals surface area contributed by atoms with Crippen LogP contribution in [0.1, 0.15) is 5.56 Å². The van der Waals surface area contributed by atoms with Gasteiger partial charge in [0.2, 0.25) is 6.54 Å². The first-order valence-electron chi connectivity index (χ1n) is 4.40. The largest absolute Gasteiger partial charge is 0.361 e. The van der Waals surface area contributed by atoms with E-state index in [4.69, 9.17) is 18.2 Å². The van der Waals surface area contributed by atoms with Crippen molar-refractivity contribution < 1.29 is 0 Å². The number of benzene rings is 1. The highest BCUT2D eigenvalue weighted by Crippen LogP contribution is 2.22. The topological polar surface area (TPSA) is 20.1 Å². The fourth-order valence-electron chi connectivity index (χ4n) is 1.54. The molecule has 0 bridgehead atoms. The SMILES string of the molecule is [C-]#[N+]CCc1c[nH]c2cc(Cl)ccc12. The third-order valence-corrected chi connectivity index (χ3v) is 2.46. The van der Waals surface area contributed by atoms with Crippen LogP contribution in [0.2, 0.25) is 5.02 Å². The predicted molar refractivity (Wildman–Crippen MR) is 58.5 cm³/mol. The summed E-state index contributed by atoms with van der Waals surface area (Å²) in [7, 11) is 0. The molecule has 1 aromatic carbocycles. The zero-order valence-corrected chi connectivity index (χ0v) is 8.30. The molecule has 0 atom stereocenters. The van der Waals surface area contributed by atoms with Crippen molar-refractivity contribution in [1.29, 1.82) is 0 Å². The van der Waals surface area contributed by atoms with Crippen LogP contribution in [0.5, 0.6) is 0 Å². The van der Waals surface area contributed by atoms with Gasteiger partial charge in [-0.2, -0.15) is 0 Å². The van der Waals surface area contributed by atoms with E-state index in [1.165, 1.54) is 5.56 Å². The molecule has 0 aliphatic carbocycles. The molecule has 0 fully saturated rings. The number of aromatic nitrogens is 1. The van der Waals surface area contributed by atoms with Crippen molar-refractivity contribution in [1.82, 2.24) is 4.98 Å². The normalized spacial score (nSPS) is 10.3. The standard InChI is InChI=1S/C11H9ClN2/c1-13-5-4-8-7-14-11-6-9(12)2-3-10(8)11/h2-3,6-7,14H,4-5H2. The highest BCUT2D eigenvalue weighted by Gasteiger charge is 2.04. The van der Waals surface area contributed by atoms with E-state index in [-0.39, 0.29) is 0 Å². The molecule has 0 saturated heterocycles. The monoisotopic (exact) mass is 204 g/mol.